The van der Waals surface area contributed by atoms with Crippen LogP contribution in [0.4, 0.5) is 0 Å². The summed E-state index contributed by atoms with van der Waals surface area (Å²) in [6.07, 6.45) is 7.94. The molecule has 0 saturated heterocycles. The first kappa shape index (κ1) is 14.5. The summed E-state index contributed by atoms with van der Waals surface area (Å²) in [5.74, 6) is 0.588. The first-order valence-corrected chi connectivity index (χ1v) is 6.77. The molecule has 0 aliphatic heterocycles. The molecule has 4 heteroatoms. The van der Waals surface area contributed by atoms with E-state index in [2.05, 4.69) is 0 Å². The monoisotopic (exact) mass is 243 g/mol. The SMILES string of the molecule is O=C(CC1CCCCCC1)N(CCO)CCO. The zero-order valence-corrected chi connectivity index (χ0v) is 10.6. The zero-order valence-electron chi connectivity index (χ0n) is 10.6. The first-order valence-electron chi connectivity index (χ1n) is 6.77. The minimum atomic E-state index is -0.0313. The van der Waals surface area contributed by atoms with Gasteiger partial charge in [0.15, 0.2) is 0 Å². The predicted molar refractivity (Wildman–Crippen MR) is 66.6 cm³/mol. The normalized spacial score (nSPS) is 17.8. The van der Waals surface area contributed by atoms with Crippen molar-refractivity contribution in [3.05, 3.63) is 0 Å². The van der Waals surface area contributed by atoms with Crippen molar-refractivity contribution in [2.45, 2.75) is 44.9 Å². The van der Waals surface area contributed by atoms with Crippen molar-refractivity contribution in [3.63, 3.8) is 0 Å². The van der Waals surface area contributed by atoms with E-state index in [1.807, 2.05) is 0 Å². The molecule has 0 aromatic heterocycles. The van der Waals surface area contributed by atoms with Gasteiger partial charge in [-0.1, -0.05) is 25.7 Å². The van der Waals surface area contributed by atoms with Crippen molar-refractivity contribution in [1.82, 2.24) is 4.90 Å². The molecular weight excluding hydrogens is 218 g/mol. The molecule has 0 radical (unpaired) electrons. The fourth-order valence-corrected chi connectivity index (χ4v) is 2.55. The molecule has 0 heterocycles. The Bertz CT molecular complexity index is 207. The van der Waals surface area contributed by atoms with Gasteiger partial charge in [0.1, 0.15) is 0 Å². The number of hydrogen-bond acceptors (Lipinski definition) is 3. The molecule has 0 unspecified atom stereocenters. The molecule has 17 heavy (non-hydrogen) atoms. The van der Waals surface area contributed by atoms with E-state index in [0.29, 0.717) is 25.4 Å². The second-order valence-corrected chi connectivity index (χ2v) is 4.89. The molecule has 0 aromatic carbocycles. The molecule has 0 spiro atoms. The Hall–Kier alpha value is -0.610. The molecule has 100 valence electrons. The van der Waals surface area contributed by atoms with Crippen molar-refractivity contribution in [1.29, 1.82) is 0 Å². The lowest BCUT2D eigenvalue weighted by Crippen LogP contribution is -2.36. The van der Waals surface area contributed by atoms with Crippen LogP contribution in [-0.2, 0) is 4.79 Å². The van der Waals surface area contributed by atoms with Crippen molar-refractivity contribution in [3.8, 4) is 0 Å². The number of aliphatic hydroxyl groups excluding tert-OH is 2. The highest BCUT2D eigenvalue weighted by Gasteiger charge is 2.19. The summed E-state index contributed by atoms with van der Waals surface area (Å²) in [7, 11) is 0. The van der Waals surface area contributed by atoms with Crippen molar-refractivity contribution < 1.29 is 15.0 Å². The lowest BCUT2D eigenvalue weighted by Gasteiger charge is -2.23. The molecule has 1 aliphatic carbocycles. The largest absolute Gasteiger partial charge is 0.395 e. The van der Waals surface area contributed by atoms with Crippen LogP contribution < -0.4 is 0 Å². The molecule has 1 aliphatic rings. The van der Waals surface area contributed by atoms with Crippen molar-refractivity contribution >= 4 is 5.91 Å². The van der Waals surface area contributed by atoms with Gasteiger partial charge >= 0.3 is 0 Å². The quantitative estimate of drug-likeness (QED) is 0.688. The zero-order chi connectivity index (χ0) is 12.5. The predicted octanol–water partition coefficient (Wildman–Crippen LogP) is 1.16. The number of hydrogen-bond donors (Lipinski definition) is 2. The van der Waals surface area contributed by atoms with E-state index >= 15 is 0 Å². The molecule has 0 aromatic rings. The fourth-order valence-electron chi connectivity index (χ4n) is 2.55. The highest BCUT2D eigenvalue weighted by atomic mass is 16.3. The third-order valence-electron chi connectivity index (χ3n) is 3.53. The van der Waals surface area contributed by atoms with Crippen LogP contribution in [0.2, 0.25) is 0 Å². The Morgan fingerprint density at radius 1 is 1.00 bits per heavy atom. The van der Waals surface area contributed by atoms with Gasteiger partial charge in [0.25, 0.3) is 0 Å². The number of amides is 1. The molecule has 0 atom stereocenters. The summed E-state index contributed by atoms with van der Waals surface area (Å²) in [4.78, 5) is 13.6. The van der Waals surface area contributed by atoms with E-state index in [-0.39, 0.29) is 19.1 Å². The Morgan fingerprint density at radius 2 is 1.53 bits per heavy atom. The van der Waals surface area contributed by atoms with E-state index in [1.165, 1.54) is 25.7 Å². The minimum absolute atomic E-state index is 0.0313. The smallest absolute Gasteiger partial charge is 0.223 e. The van der Waals surface area contributed by atoms with Gasteiger partial charge in [0.05, 0.1) is 13.2 Å². The Morgan fingerprint density at radius 3 is 2.00 bits per heavy atom. The third-order valence-corrected chi connectivity index (χ3v) is 3.53. The van der Waals surface area contributed by atoms with E-state index in [0.717, 1.165) is 12.8 Å². The van der Waals surface area contributed by atoms with Crippen LogP contribution in [0.1, 0.15) is 44.9 Å². The van der Waals surface area contributed by atoms with Gasteiger partial charge in [-0.25, -0.2) is 0 Å². The lowest BCUT2D eigenvalue weighted by atomic mass is 9.96. The highest BCUT2D eigenvalue weighted by molar-refractivity contribution is 5.76. The Labute approximate surface area is 104 Å². The van der Waals surface area contributed by atoms with Gasteiger partial charge in [-0.2, -0.15) is 0 Å². The van der Waals surface area contributed by atoms with Crippen LogP contribution in [0, 0.1) is 5.92 Å². The van der Waals surface area contributed by atoms with Crippen LogP contribution in [0.15, 0.2) is 0 Å². The third kappa shape index (κ3) is 5.50. The second-order valence-electron chi connectivity index (χ2n) is 4.89. The van der Waals surface area contributed by atoms with Crippen LogP contribution in [0.25, 0.3) is 0 Å². The molecule has 1 rings (SSSR count). The summed E-state index contributed by atoms with van der Waals surface area (Å²) >= 11 is 0. The average molecular weight is 243 g/mol. The fraction of sp³-hybridized carbons (Fsp3) is 0.923. The lowest BCUT2D eigenvalue weighted by molar-refractivity contribution is -0.133. The molecular formula is C13H25NO3. The molecule has 1 saturated carbocycles. The summed E-state index contributed by atoms with van der Waals surface area (Å²) in [6, 6.07) is 0. The maximum absolute atomic E-state index is 12.0. The summed E-state index contributed by atoms with van der Waals surface area (Å²) in [6.45, 7) is 0.616. The molecule has 1 fully saturated rings. The standard InChI is InChI=1S/C13H25NO3/c15-9-7-14(8-10-16)13(17)11-12-5-3-1-2-4-6-12/h12,15-16H,1-11H2. The number of carbonyl (C=O) groups excluding carboxylic acids is 1. The van der Waals surface area contributed by atoms with Crippen molar-refractivity contribution in [2.24, 2.45) is 5.92 Å². The van der Waals surface area contributed by atoms with Gasteiger partial charge in [-0.15, -0.1) is 0 Å². The number of nitrogens with zero attached hydrogens (tertiary/aromatic N) is 1. The Kier molecular flexibility index (Phi) is 7.21. The minimum Gasteiger partial charge on any atom is -0.395 e. The van der Waals surface area contributed by atoms with Gasteiger partial charge in [-0.05, 0) is 18.8 Å². The first-order chi connectivity index (χ1) is 8.27. The second kappa shape index (κ2) is 8.48. The number of carbonyl (C=O) groups is 1. The molecule has 1 amide bonds. The van der Waals surface area contributed by atoms with Crippen LogP contribution in [0.3, 0.4) is 0 Å². The summed E-state index contributed by atoms with van der Waals surface area (Å²) < 4.78 is 0. The highest BCUT2D eigenvalue weighted by Crippen LogP contribution is 2.25. The average Bonchev–Trinajstić information content (AvgIpc) is 2.57. The van der Waals surface area contributed by atoms with Gasteiger partial charge in [0, 0.05) is 19.5 Å². The van der Waals surface area contributed by atoms with Crippen LogP contribution in [-0.4, -0.2) is 47.3 Å². The number of aliphatic hydroxyl groups is 2. The van der Waals surface area contributed by atoms with Gasteiger partial charge in [-0.3, -0.25) is 4.79 Å². The van der Waals surface area contributed by atoms with Crippen molar-refractivity contribution in [2.75, 3.05) is 26.3 Å². The van der Waals surface area contributed by atoms with E-state index in [4.69, 9.17) is 10.2 Å². The summed E-state index contributed by atoms with van der Waals surface area (Å²) in [5, 5.41) is 17.8. The van der Waals surface area contributed by atoms with Crippen LogP contribution >= 0.6 is 0 Å². The van der Waals surface area contributed by atoms with Gasteiger partial charge in [0.2, 0.25) is 5.91 Å². The van der Waals surface area contributed by atoms with Crippen LogP contribution in [0.5, 0.6) is 0 Å². The molecule has 2 N–H and O–H groups in total. The molecule has 4 nitrogen and oxygen atoms in total. The topological polar surface area (TPSA) is 60.8 Å². The maximum Gasteiger partial charge on any atom is 0.223 e. The molecule has 0 bridgehead atoms. The van der Waals surface area contributed by atoms with E-state index < -0.39 is 0 Å². The van der Waals surface area contributed by atoms with Gasteiger partial charge < -0.3 is 15.1 Å². The van der Waals surface area contributed by atoms with E-state index in [1.54, 1.807) is 4.90 Å². The summed E-state index contributed by atoms with van der Waals surface area (Å²) in [5.41, 5.74) is 0. The Balaban J connectivity index is 2.38. The van der Waals surface area contributed by atoms with E-state index in [9.17, 15) is 4.79 Å². The maximum atomic E-state index is 12.0. The number of rotatable bonds is 6.